The number of hydrogen-bond donors (Lipinski definition) is 1. The highest BCUT2D eigenvalue weighted by Crippen LogP contribution is 2.13. The Bertz CT molecular complexity index is 513. The predicted molar refractivity (Wildman–Crippen MR) is 79.5 cm³/mol. The van der Waals surface area contributed by atoms with Gasteiger partial charge in [-0.15, -0.1) is 0 Å². The number of anilines is 1. The fourth-order valence-corrected chi connectivity index (χ4v) is 2.22. The number of benzene rings is 1. The lowest BCUT2D eigenvalue weighted by atomic mass is 10.2. The van der Waals surface area contributed by atoms with Crippen LogP contribution in [0, 0.1) is 6.92 Å². The number of thioether (sulfide) groups is 1. The van der Waals surface area contributed by atoms with Gasteiger partial charge in [0.05, 0.1) is 5.75 Å². The van der Waals surface area contributed by atoms with Crippen LogP contribution in [0.5, 0.6) is 0 Å². The lowest BCUT2D eigenvalue weighted by molar-refractivity contribution is 0.376. The molecule has 0 aliphatic carbocycles. The number of nitrogens with zero attached hydrogens (tertiary/aromatic N) is 2. The summed E-state index contributed by atoms with van der Waals surface area (Å²) in [5, 5.41) is 7.34. The Balaban J connectivity index is 1.79. The van der Waals surface area contributed by atoms with Crippen molar-refractivity contribution in [2.24, 2.45) is 0 Å². The van der Waals surface area contributed by atoms with Crippen molar-refractivity contribution in [3.05, 3.63) is 41.5 Å². The Morgan fingerprint density at radius 1 is 1.32 bits per heavy atom. The maximum absolute atomic E-state index is 5.22. The Morgan fingerprint density at radius 2 is 2.16 bits per heavy atom. The van der Waals surface area contributed by atoms with Crippen LogP contribution < -0.4 is 5.32 Å². The lowest BCUT2D eigenvalue weighted by Crippen LogP contribution is -2.06. The van der Waals surface area contributed by atoms with Gasteiger partial charge in [-0.3, -0.25) is 0 Å². The van der Waals surface area contributed by atoms with E-state index in [1.807, 2.05) is 12.1 Å². The van der Waals surface area contributed by atoms with E-state index >= 15 is 0 Å². The van der Waals surface area contributed by atoms with Crippen LogP contribution >= 0.6 is 11.8 Å². The first-order chi connectivity index (χ1) is 9.29. The molecule has 0 aliphatic rings. The Kier molecular flexibility index (Phi) is 5.27. The summed E-state index contributed by atoms with van der Waals surface area (Å²) in [4.78, 5) is 4.36. The monoisotopic (exact) mass is 277 g/mol. The first-order valence-corrected chi connectivity index (χ1v) is 7.63. The van der Waals surface area contributed by atoms with Gasteiger partial charge in [-0.2, -0.15) is 16.7 Å². The number of para-hydroxylation sites is 1. The van der Waals surface area contributed by atoms with Crippen LogP contribution in [0.3, 0.4) is 0 Å². The van der Waals surface area contributed by atoms with Crippen LogP contribution in [-0.2, 0) is 12.2 Å². The summed E-state index contributed by atoms with van der Waals surface area (Å²) in [6.07, 6.45) is 0.748. The van der Waals surface area contributed by atoms with Crippen molar-refractivity contribution in [2.45, 2.75) is 26.0 Å². The number of hydrogen-bond acceptors (Lipinski definition) is 5. The quantitative estimate of drug-likeness (QED) is 0.841. The van der Waals surface area contributed by atoms with E-state index in [4.69, 9.17) is 4.52 Å². The molecule has 0 bridgehead atoms. The van der Waals surface area contributed by atoms with Gasteiger partial charge in [0, 0.05) is 18.7 Å². The normalized spacial score (nSPS) is 10.6. The Morgan fingerprint density at radius 3 is 2.95 bits per heavy atom. The summed E-state index contributed by atoms with van der Waals surface area (Å²) in [6, 6.07) is 8.24. The van der Waals surface area contributed by atoms with Crippen LogP contribution in [0.1, 0.15) is 24.2 Å². The highest BCUT2D eigenvalue weighted by atomic mass is 32.2. The van der Waals surface area contributed by atoms with Crippen molar-refractivity contribution < 1.29 is 4.52 Å². The minimum absolute atomic E-state index is 0.702. The zero-order valence-electron chi connectivity index (χ0n) is 11.3. The fraction of sp³-hybridized carbons (Fsp3) is 0.429. The van der Waals surface area contributed by atoms with Crippen molar-refractivity contribution in [1.82, 2.24) is 10.1 Å². The Hall–Kier alpha value is -1.49. The summed E-state index contributed by atoms with van der Waals surface area (Å²) in [7, 11) is 0. The first-order valence-electron chi connectivity index (χ1n) is 6.48. The molecule has 1 aromatic carbocycles. The molecule has 0 unspecified atom stereocenters. The van der Waals surface area contributed by atoms with Crippen molar-refractivity contribution in [3.8, 4) is 0 Å². The minimum Gasteiger partial charge on any atom is -0.384 e. The maximum Gasteiger partial charge on any atom is 0.228 e. The first kappa shape index (κ1) is 13.9. The molecule has 1 aromatic heterocycles. The van der Waals surface area contributed by atoms with E-state index in [2.05, 4.69) is 41.4 Å². The topological polar surface area (TPSA) is 51.0 Å². The molecule has 0 spiro atoms. The van der Waals surface area contributed by atoms with E-state index < -0.39 is 0 Å². The van der Waals surface area contributed by atoms with Crippen molar-refractivity contribution in [1.29, 1.82) is 0 Å². The third-order valence-corrected chi connectivity index (χ3v) is 3.62. The van der Waals surface area contributed by atoms with E-state index in [0.29, 0.717) is 5.89 Å². The Labute approximate surface area is 118 Å². The summed E-state index contributed by atoms with van der Waals surface area (Å²) in [6.45, 7) is 5.01. The third kappa shape index (κ3) is 4.28. The molecule has 0 fully saturated rings. The summed E-state index contributed by atoms with van der Waals surface area (Å²) in [5.74, 6) is 3.38. The van der Waals surface area contributed by atoms with E-state index in [1.165, 1.54) is 5.56 Å². The second kappa shape index (κ2) is 7.19. The molecule has 102 valence electrons. The second-order valence-corrected chi connectivity index (χ2v) is 5.51. The van der Waals surface area contributed by atoms with Crippen LogP contribution in [0.2, 0.25) is 0 Å². The van der Waals surface area contributed by atoms with Gasteiger partial charge in [-0.1, -0.05) is 30.3 Å². The standard InChI is InChI=1S/C14H19N3OS/c1-3-19-10-13-16-14(18-17-13)8-9-15-12-7-5-4-6-11(12)2/h4-7,15H,3,8-10H2,1-2H3. The summed E-state index contributed by atoms with van der Waals surface area (Å²) in [5.41, 5.74) is 2.40. The fourth-order valence-electron chi connectivity index (χ4n) is 1.72. The lowest BCUT2D eigenvalue weighted by Gasteiger charge is -2.07. The van der Waals surface area contributed by atoms with Crippen LogP contribution in [0.4, 0.5) is 5.69 Å². The molecule has 5 heteroatoms. The van der Waals surface area contributed by atoms with Gasteiger partial charge >= 0.3 is 0 Å². The van der Waals surface area contributed by atoms with Gasteiger partial charge < -0.3 is 9.84 Å². The number of nitrogens with one attached hydrogen (secondary N) is 1. The minimum atomic E-state index is 0.702. The number of aromatic nitrogens is 2. The van der Waals surface area contributed by atoms with E-state index in [1.54, 1.807) is 11.8 Å². The molecular formula is C14H19N3OS. The van der Waals surface area contributed by atoms with E-state index in [-0.39, 0.29) is 0 Å². The smallest absolute Gasteiger partial charge is 0.228 e. The van der Waals surface area contributed by atoms with Crippen LogP contribution in [0.15, 0.2) is 28.8 Å². The largest absolute Gasteiger partial charge is 0.384 e. The summed E-state index contributed by atoms with van der Waals surface area (Å²) < 4.78 is 5.22. The molecule has 0 aliphatic heterocycles. The second-order valence-electron chi connectivity index (χ2n) is 4.23. The van der Waals surface area contributed by atoms with Gasteiger partial charge in [-0.25, -0.2) is 0 Å². The van der Waals surface area contributed by atoms with Crippen molar-refractivity contribution in [2.75, 3.05) is 17.6 Å². The average Bonchev–Trinajstić information content (AvgIpc) is 2.86. The van der Waals surface area contributed by atoms with Gasteiger partial charge in [-0.05, 0) is 24.3 Å². The summed E-state index contributed by atoms with van der Waals surface area (Å²) >= 11 is 1.80. The highest BCUT2D eigenvalue weighted by Gasteiger charge is 2.05. The zero-order valence-corrected chi connectivity index (χ0v) is 12.2. The average molecular weight is 277 g/mol. The molecular weight excluding hydrogens is 258 g/mol. The van der Waals surface area contributed by atoms with Crippen molar-refractivity contribution in [3.63, 3.8) is 0 Å². The number of rotatable bonds is 7. The SMILES string of the molecule is CCSCc1noc(CCNc2ccccc2C)n1. The molecule has 0 saturated heterocycles. The maximum atomic E-state index is 5.22. The molecule has 1 heterocycles. The molecule has 0 saturated carbocycles. The molecule has 2 rings (SSSR count). The van der Waals surface area contributed by atoms with E-state index in [9.17, 15) is 0 Å². The predicted octanol–water partition coefficient (Wildman–Crippen LogP) is 3.29. The van der Waals surface area contributed by atoms with Gasteiger partial charge in [0.15, 0.2) is 5.82 Å². The zero-order chi connectivity index (χ0) is 13.5. The molecule has 0 atom stereocenters. The van der Waals surface area contributed by atoms with Gasteiger partial charge in [0.25, 0.3) is 0 Å². The molecule has 1 N–H and O–H groups in total. The number of aryl methyl sites for hydroxylation is 1. The highest BCUT2D eigenvalue weighted by molar-refractivity contribution is 7.98. The van der Waals surface area contributed by atoms with E-state index in [0.717, 1.165) is 36.0 Å². The van der Waals surface area contributed by atoms with Crippen LogP contribution in [0.25, 0.3) is 0 Å². The molecule has 0 radical (unpaired) electrons. The van der Waals surface area contributed by atoms with Gasteiger partial charge in [0.2, 0.25) is 5.89 Å². The molecule has 19 heavy (non-hydrogen) atoms. The van der Waals surface area contributed by atoms with Crippen molar-refractivity contribution >= 4 is 17.4 Å². The van der Waals surface area contributed by atoms with Crippen LogP contribution in [-0.4, -0.2) is 22.4 Å². The molecule has 4 nitrogen and oxygen atoms in total. The molecule has 0 amide bonds. The van der Waals surface area contributed by atoms with Gasteiger partial charge in [0.1, 0.15) is 0 Å². The molecule has 2 aromatic rings. The third-order valence-electron chi connectivity index (χ3n) is 2.74.